The van der Waals surface area contributed by atoms with Gasteiger partial charge in [0.15, 0.2) is 0 Å². The molecule has 1 aromatic rings. The molecule has 1 amide bonds. The van der Waals surface area contributed by atoms with Gasteiger partial charge in [0.25, 0.3) is 0 Å². The highest BCUT2D eigenvalue weighted by molar-refractivity contribution is 5.94. The van der Waals surface area contributed by atoms with Gasteiger partial charge in [-0.3, -0.25) is 4.79 Å². The second-order valence-electron chi connectivity index (χ2n) is 5.27. The van der Waals surface area contributed by atoms with Crippen LogP contribution < -0.4 is 15.4 Å². The van der Waals surface area contributed by atoms with Gasteiger partial charge in [0, 0.05) is 12.0 Å². The second kappa shape index (κ2) is 6.06. The molecule has 1 aromatic carbocycles. The zero-order valence-electron chi connectivity index (χ0n) is 11.8. The van der Waals surface area contributed by atoms with Crippen LogP contribution in [0.25, 0.3) is 0 Å². The molecule has 1 saturated heterocycles. The van der Waals surface area contributed by atoms with Crippen molar-refractivity contribution in [3.63, 3.8) is 0 Å². The molecule has 1 aliphatic rings. The molecule has 2 N–H and O–H groups in total. The number of hydrogen-bond acceptors (Lipinski definition) is 3. The third kappa shape index (κ3) is 3.47. The summed E-state index contributed by atoms with van der Waals surface area (Å²) >= 11 is 0. The van der Waals surface area contributed by atoms with Crippen molar-refractivity contribution in [2.45, 2.75) is 32.7 Å². The number of aryl methyl sites for hydroxylation is 1. The molecule has 2 unspecified atom stereocenters. The third-order valence-electron chi connectivity index (χ3n) is 3.61. The Bertz CT molecular complexity index is 459. The molecule has 0 spiro atoms. The zero-order valence-corrected chi connectivity index (χ0v) is 11.8. The molecule has 0 bridgehead atoms. The summed E-state index contributed by atoms with van der Waals surface area (Å²) in [4.78, 5) is 12.3. The van der Waals surface area contributed by atoms with Gasteiger partial charge in [0.2, 0.25) is 5.91 Å². The van der Waals surface area contributed by atoms with E-state index in [1.54, 1.807) is 7.11 Å². The van der Waals surface area contributed by atoms with E-state index in [1.165, 1.54) is 0 Å². The van der Waals surface area contributed by atoms with Crippen molar-refractivity contribution in [2.24, 2.45) is 5.92 Å². The van der Waals surface area contributed by atoms with Crippen molar-refractivity contribution in [3.05, 3.63) is 23.8 Å². The van der Waals surface area contributed by atoms with Gasteiger partial charge in [-0.05, 0) is 50.9 Å². The van der Waals surface area contributed by atoms with Crippen molar-refractivity contribution < 1.29 is 9.53 Å². The molecular weight excluding hydrogens is 240 g/mol. The predicted molar refractivity (Wildman–Crippen MR) is 76.5 cm³/mol. The Morgan fingerprint density at radius 3 is 2.95 bits per heavy atom. The van der Waals surface area contributed by atoms with Gasteiger partial charge in [-0.15, -0.1) is 0 Å². The van der Waals surface area contributed by atoms with Crippen molar-refractivity contribution in [3.8, 4) is 5.75 Å². The van der Waals surface area contributed by atoms with Crippen molar-refractivity contribution in [2.75, 3.05) is 19.0 Å². The van der Waals surface area contributed by atoms with Gasteiger partial charge >= 0.3 is 0 Å². The molecule has 0 aromatic heterocycles. The summed E-state index contributed by atoms with van der Waals surface area (Å²) in [5.74, 6) is 0.896. The van der Waals surface area contributed by atoms with Gasteiger partial charge in [-0.25, -0.2) is 0 Å². The van der Waals surface area contributed by atoms with Gasteiger partial charge in [0.05, 0.1) is 12.8 Å². The number of methoxy groups -OCH3 is 1. The van der Waals surface area contributed by atoms with Crippen LogP contribution in [0.2, 0.25) is 0 Å². The quantitative estimate of drug-likeness (QED) is 0.879. The van der Waals surface area contributed by atoms with Gasteiger partial charge in [-0.2, -0.15) is 0 Å². The molecule has 2 rings (SSSR count). The maximum absolute atomic E-state index is 12.3. The van der Waals surface area contributed by atoms with E-state index in [0.717, 1.165) is 36.4 Å². The number of hydrogen-bond donors (Lipinski definition) is 2. The number of carbonyl (C=O) groups is 1. The van der Waals surface area contributed by atoms with Crippen LogP contribution in [0.15, 0.2) is 18.2 Å². The Hall–Kier alpha value is -1.55. The maximum atomic E-state index is 12.3. The van der Waals surface area contributed by atoms with E-state index in [9.17, 15) is 4.79 Å². The van der Waals surface area contributed by atoms with E-state index < -0.39 is 0 Å². The summed E-state index contributed by atoms with van der Waals surface area (Å²) < 4.78 is 5.31. The van der Waals surface area contributed by atoms with E-state index >= 15 is 0 Å². The summed E-state index contributed by atoms with van der Waals surface area (Å²) in [6.07, 6.45) is 1.78. The third-order valence-corrected chi connectivity index (χ3v) is 3.61. The molecule has 1 aliphatic heterocycles. The van der Waals surface area contributed by atoms with Crippen molar-refractivity contribution >= 4 is 11.6 Å². The molecule has 1 heterocycles. The number of benzene rings is 1. The molecule has 0 saturated carbocycles. The summed E-state index contributed by atoms with van der Waals surface area (Å²) in [6.45, 7) is 5.03. The lowest BCUT2D eigenvalue weighted by Gasteiger charge is -2.27. The van der Waals surface area contributed by atoms with E-state index in [4.69, 9.17) is 4.74 Å². The first-order valence-corrected chi connectivity index (χ1v) is 6.79. The second-order valence-corrected chi connectivity index (χ2v) is 5.27. The van der Waals surface area contributed by atoms with Crippen LogP contribution in [0.3, 0.4) is 0 Å². The van der Waals surface area contributed by atoms with Gasteiger partial charge in [0.1, 0.15) is 5.75 Å². The Kier molecular flexibility index (Phi) is 4.43. The Balaban J connectivity index is 2.06. The maximum Gasteiger partial charge on any atom is 0.227 e. The normalized spacial score (nSPS) is 22.9. The summed E-state index contributed by atoms with van der Waals surface area (Å²) in [6, 6.07) is 6.21. The van der Waals surface area contributed by atoms with Crippen LogP contribution in [0.4, 0.5) is 5.69 Å². The predicted octanol–water partition coefficient (Wildman–Crippen LogP) is 2.33. The van der Waals surface area contributed by atoms with E-state index in [2.05, 4.69) is 17.6 Å². The highest BCUT2D eigenvalue weighted by Crippen LogP contribution is 2.27. The summed E-state index contributed by atoms with van der Waals surface area (Å²) in [5.41, 5.74) is 1.87. The highest BCUT2D eigenvalue weighted by atomic mass is 16.5. The monoisotopic (exact) mass is 262 g/mol. The summed E-state index contributed by atoms with van der Waals surface area (Å²) in [5, 5.41) is 6.34. The first-order chi connectivity index (χ1) is 9.10. The molecule has 4 nitrogen and oxygen atoms in total. The molecule has 19 heavy (non-hydrogen) atoms. The first-order valence-electron chi connectivity index (χ1n) is 6.79. The Morgan fingerprint density at radius 1 is 1.47 bits per heavy atom. The lowest BCUT2D eigenvalue weighted by Crippen LogP contribution is -2.40. The molecule has 1 fully saturated rings. The minimum Gasteiger partial charge on any atom is -0.495 e. The zero-order chi connectivity index (χ0) is 13.8. The minimum absolute atomic E-state index is 0.0854. The van der Waals surface area contributed by atoms with Crippen LogP contribution in [-0.2, 0) is 4.79 Å². The van der Waals surface area contributed by atoms with Crippen LogP contribution in [0.5, 0.6) is 5.75 Å². The fourth-order valence-electron chi connectivity index (χ4n) is 2.51. The number of nitrogens with one attached hydrogen (secondary N) is 2. The van der Waals surface area contributed by atoms with E-state index in [1.807, 2.05) is 25.1 Å². The van der Waals surface area contributed by atoms with Crippen molar-refractivity contribution in [1.82, 2.24) is 5.32 Å². The van der Waals surface area contributed by atoms with E-state index in [0.29, 0.717) is 6.04 Å². The number of anilines is 1. The largest absolute Gasteiger partial charge is 0.495 e. The first kappa shape index (κ1) is 13.9. The molecule has 104 valence electrons. The van der Waals surface area contributed by atoms with E-state index in [-0.39, 0.29) is 11.8 Å². The van der Waals surface area contributed by atoms with Gasteiger partial charge < -0.3 is 15.4 Å². The van der Waals surface area contributed by atoms with Gasteiger partial charge in [-0.1, -0.05) is 6.07 Å². The standard InChI is InChI=1S/C15H22N2O2/c1-10-4-5-13(14(8-10)19-3)17-15(18)12-6-7-16-11(2)9-12/h4-5,8,11-12,16H,6-7,9H2,1-3H3,(H,17,18). The summed E-state index contributed by atoms with van der Waals surface area (Å²) in [7, 11) is 1.62. The van der Waals surface area contributed by atoms with Crippen molar-refractivity contribution in [1.29, 1.82) is 0 Å². The lowest BCUT2D eigenvalue weighted by molar-refractivity contribution is -0.120. The van der Waals surface area contributed by atoms with Crippen LogP contribution >= 0.6 is 0 Å². The topological polar surface area (TPSA) is 50.4 Å². The van der Waals surface area contributed by atoms with Crippen LogP contribution in [0.1, 0.15) is 25.3 Å². The number of rotatable bonds is 3. The molecule has 0 radical (unpaired) electrons. The number of ether oxygens (including phenoxy) is 1. The molecule has 4 heteroatoms. The Morgan fingerprint density at radius 2 is 2.26 bits per heavy atom. The highest BCUT2D eigenvalue weighted by Gasteiger charge is 2.25. The molecular formula is C15H22N2O2. The number of amides is 1. The fraction of sp³-hybridized carbons (Fsp3) is 0.533. The van der Waals surface area contributed by atoms with Crippen LogP contribution in [-0.4, -0.2) is 25.6 Å². The number of carbonyl (C=O) groups excluding carboxylic acids is 1. The average Bonchev–Trinajstić information content (AvgIpc) is 2.40. The average molecular weight is 262 g/mol. The minimum atomic E-state index is 0.0854. The fourth-order valence-corrected chi connectivity index (χ4v) is 2.51. The lowest BCUT2D eigenvalue weighted by atomic mass is 9.92. The smallest absolute Gasteiger partial charge is 0.227 e. The number of piperidine rings is 1. The molecule has 0 aliphatic carbocycles. The van der Waals surface area contributed by atoms with Crippen LogP contribution in [0, 0.1) is 12.8 Å². The SMILES string of the molecule is COc1cc(C)ccc1NC(=O)C1CCNC(C)C1. The Labute approximate surface area is 114 Å². The molecule has 2 atom stereocenters.